The molecular formula is C18H29NO2. The molecule has 1 fully saturated rings. The van der Waals surface area contributed by atoms with E-state index in [4.69, 9.17) is 4.74 Å². The maximum Gasteiger partial charge on any atom is 0.0922 e. The quantitative estimate of drug-likeness (QED) is 0.874. The van der Waals surface area contributed by atoms with E-state index in [1.807, 2.05) is 0 Å². The van der Waals surface area contributed by atoms with Crippen molar-refractivity contribution in [1.82, 2.24) is 4.90 Å². The van der Waals surface area contributed by atoms with E-state index in [0.717, 1.165) is 31.7 Å². The topological polar surface area (TPSA) is 32.7 Å². The molecule has 2 atom stereocenters. The van der Waals surface area contributed by atoms with Crippen LogP contribution in [0.4, 0.5) is 0 Å². The lowest BCUT2D eigenvalue weighted by Crippen LogP contribution is -2.35. The van der Waals surface area contributed by atoms with Gasteiger partial charge in [0, 0.05) is 19.7 Å². The summed E-state index contributed by atoms with van der Waals surface area (Å²) in [6.07, 6.45) is 2.24. The molecule has 2 rings (SSSR count). The van der Waals surface area contributed by atoms with Crippen LogP contribution in [0.1, 0.15) is 48.1 Å². The van der Waals surface area contributed by atoms with Crippen LogP contribution in [-0.4, -0.2) is 42.4 Å². The molecule has 0 aliphatic carbocycles. The van der Waals surface area contributed by atoms with Gasteiger partial charge < -0.3 is 9.84 Å². The molecule has 3 heteroatoms. The van der Waals surface area contributed by atoms with Crippen molar-refractivity contribution in [3.8, 4) is 0 Å². The highest BCUT2D eigenvalue weighted by Crippen LogP contribution is 2.25. The molecule has 3 nitrogen and oxygen atoms in total. The zero-order valence-corrected chi connectivity index (χ0v) is 13.9. The van der Waals surface area contributed by atoms with Crippen LogP contribution in [0.5, 0.6) is 0 Å². The van der Waals surface area contributed by atoms with E-state index in [0.29, 0.717) is 12.6 Å². The molecule has 21 heavy (non-hydrogen) atoms. The molecular weight excluding hydrogens is 262 g/mol. The maximum atomic E-state index is 10.7. The minimum Gasteiger partial charge on any atom is -0.387 e. The molecule has 0 aromatic heterocycles. The van der Waals surface area contributed by atoms with Crippen molar-refractivity contribution in [2.45, 2.75) is 52.7 Å². The van der Waals surface area contributed by atoms with Gasteiger partial charge in [-0.25, -0.2) is 0 Å². The second-order valence-electron chi connectivity index (χ2n) is 6.32. The van der Waals surface area contributed by atoms with Crippen molar-refractivity contribution < 1.29 is 9.84 Å². The molecule has 0 bridgehead atoms. The Bertz CT molecular complexity index is 443. The summed E-state index contributed by atoms with van der Waals surface area (Å²) in [7, 11) is 0. The Balaban J connectivity index is 2.03. The summed E-state index contributed by atoms with van der Waals surface area (Å²) in [4.78, 5) is 2.30. The van der Waals surface area contributed by atoms with Crippen molar-refractivity contribution in [1.29, 1.82) is 0 Å². The summed E-state index contributed by atoms with van der Waals surface area (Å²) in [6.45, 7) is 11.9. The third-order valence-electron chi connectivity index (χ3n) is 4.44. The van der Waals surface area contributed by atoms with Gasteiger partial charge >= 0.3 is 0 Å². The Morgan fingerprint density at radius 3 is 2.48 bits per heavy atom. The van der Waals surface area contributed by atoms with Crippen molar-refractivity contribution in [2.75, 3.05) is 26.2 Å². The summed E-state index contributed by atoms with van der Waals surface area (Å²) in [5.41, 5.74) is 4.72. The number of aliphatic hydroxyl groups excluding tert-OH is 1. The molecule has 1 aromatic rings. The molecule has 1 aliphatic rings. The van der Waals surface area contributed by atoms with E-state index in [2.05, 4.69) is 44.7 Å². The summed E-state index contributed by atoms with van der Waals surface area (Å²) in [6, 6.07) is 4.31. The highest BCUT2D eigenvalue weighted by molar-refractivity contribution is 5.39. The van der Waals surface area contributed by atoms with Gasteiger partial charge in [0.1, 0.15) is 0 Å². The van der Waals surface area contributed by atoms with Gasteiger partial charge in [-0.2, -0.15) is 0 Å². The number of nitrogens with zero attached hydrogens (tertiary/aromatic N) is 1. The van der Waals surface area contributed by atoms with Gasteiger partial charge in [-0.1, -0.05) is 24.6 Å². The molecule has 1 aromatic carbocycles. The monoisotopic (exact) mass is 291 g/mol. The Morgan fingerprint density at radius 1 is 1.29 bits per heavy atom. The largest absolute Gasteiger partial charge is 0.387 e. The standard InChI is InChI=1S/C18H29NO2/c1-5-19(11-16-7-6-8-21-16)12-17(20)18-14(3)9-13(2)10-15(18)4/h9-10,16-17,20H,5-8,11-12H2,1-4H3. The Kier molecular flexibility index (Phi) is 5.80. The van der Waals surface area contributed by atoms with Crippen LogP contribution in [0.3, 0.4) is 0 Å². The van der Waals surface area contributed by atoms with Crippen molar-refractivity contribution in [3.63, 3.8) is 0 Å². The first-order chi connectivity index (χ1) is 10.0. The lowest BCUT2D eigenvalue weighted by atomic mass is 9.95. The number of hydrogen-bond donors (Lipinski definition) is 1. The molecule has 0 amide bonds. The molecule has 0 radical (unpaired) electrons. The first kappa shape index (κ1) is 16.5. The lowest BCUT2D eigenvalue weighted by Gasteiger charge is -2.27. The minimum absolute atomic E-state index is 0.345. The Hall–Kier alpha value is -0.900. The normalized spacial score (nSPS) is 20.2. The third-order valence-corrected chi connectivity index (χ3v) is 4.44. The van der Waals surface area contributed by atoms with Gasteiger partial charge in [-0.15, -0.1) is 0 Å². The fourth-order valence-corrected chi connectivity index (χ4v) is 3.46. The third kappa shape index (κ3) is 4.29. The zero-order valence-electron chi connectivity index (χ0n) is 13.9. The average Bonchev–Trinajstić information content (AvgIpc) is 2.89. The number of aliphatic hydroxyl groups is 1. The molecule has 0 spiro atoms. The highest BCUT2D eigenvalue weighted by Gasteiger charge is 2.22. The van der Waals surface area contributed by atoms with Gasteiger partial charge in [-0.3, -0.25) is 4.90 Å². The van der Waals surface area contributed by atoms with Crippen molar-refractivity contribution in [3.05, 3.63) is 34.4 Å². The van der Waals surface area contributed by atoms with Crippen LogP contribution in [0, 0.1) is 20.8 Å². The number of benzene rings is 1. The lowest BCUT2D eigenvalue weighted by molar-refractivity contribution is 0.0513. The minimum atomic E-state index is -0.424. The molecule has 1 saturated heterocycles. The summed E-state index contributed by atoms with van der Waals surface area (Å²) >= 11 is 0. The number of likely N-dealkylation sites (N-methyl/N-ethyl adjacent to an activating group) is 1. The maximum absolute atomic E-state index is 10.7. The van der Waals surface area contributed by atoms with E-state index >= 15 is 0 Å². The van der Waals surface area contributed by atoms with Crippen LogP contribution < -0.4 is 0 Å². The second kappa shape index (κ2) is 7.39. The van der Waals surface area contributed by atoms with Crippen molar-refractivity contribution in [2.24, 2.45) is 0 Å². The Labute approximate surface area is 128 Å². The molecule has 1 aliphatic heterocycles. The fraction of sp³-hybridized carbons (Fsp3) is 0.667. The first-order valence-electron chi connectivity index (χ1n) is 8.11. The second-order valence-corrected chi connectivity index (χ2v) is 6.32. The van der Waals surface area contributed by atoms with E-state index < -0.39 is 6.10 Å². The number of aryl methyl sites for hydroxylation is 3. The van der Waals surface area contributed by atoms with E-state index in [1.54, 1.807) is 0 Å². The van der Waals surface area contributed by atoms with Crippen LogP contribution in [0.15, 0.2) is 12.1 Å². The molecule has 2 unspecified atom stereocenters. The predicted octanol–water partition coefficient (Wildman–Crippen LogP) is 3.15. The number of rotatable bonds is 6. The molecule has 1 heterocycles. The van der Waals surface area contributed by atoms with E-state index in [9.17, 15) is 5.11 Å². The predicted molar refractivity (Wildman–Crippen MR) is 86.7 cm³/mol. The summed E-state index contributed by atoms with van der Waals surface area (Å²) in [5.74, 6) is 0. The summed E-state index contributed by atoms with van der Waals surface area (Å²) < 4.78 is 5.71. The highest BCUT2D eigenvalue weighted by atomic mass is 16.5. The average molecular weight is 291 g/mol. The molecule has 118 valence electrons. The van der Waals surface area contributed by atoms with Crippen LogP contribution in [0.2, 0.25) is 0 Å². The molecule has 1 N–H and O–H groups in total. The fourth-order valence-electron chi connectivity index (χ4n) is 3.46. The van der Waals surface area contributed by atoms with Gasteiger partial charge in [0.05, 0.1) is 12.2 Å². The van der Waals surface area contributed by atoms with E-state index in [1.165, 1.54) is 23.1 Å². The van der Waals surface area contributed by atoms with Gasteiger partial charge in [-0.05, 0) is 56.8 Å². The Morgan fingerprint density at radius 2 is 1.95 bits per heavy atom. The summed E-state index contributed by atoms with van der Waals surface area (Å²) in [5, 5.41) is 10.7. The van der Waals surface area contributed by atoms with Crippen LogP contribution >= 0.6 is 0 Å². The smallest absolute Gasteiger partial charge is 0.0922 e. The molecule has 0 saturated carbocycles. The number of ether oxygens (including phenoxy) is 1. The van der Waals surface area contributed by atoms with E-state index in [-0.39, 0.29) is 0 Å². The van der Waals surface area contributed by atoms with Gasteiger partial charge in [0.15, 0.2) is 0 Å². The van der Waals surface area contributed by atoms with Gasteiger partial charge in [0.2, 0.25) is 0 Å². The van der Waals surface area contributed by atoms with Crippen LogP contribution in [0.25, 0.3) is 0 Å². The van der Waals surface area contributed by atoms with Gasteiger partial charge in [0.25, 0.3) is 0 Å². The first-order valence-corrected chi connectivity index (χ1v) is 8.11. The SMILES string of the molecule is CCN(CC1CCCO1)CC(O)c1c(C)cc(C)cc1C. The van der Waals surface area contributed by atoms with Crippen LogP contribution in [-0.2, 0) is 4.74 Å². The number of hydrogen-bond acceptors (Lipinski definition) is 3. The zero-order chi connectivity index (χ0) is 15.4. The van der Waals surface area contributed by atoms with Crippen molar-refractivity contribution >= 4 is 0 Å².